The number of methoxy groups -OCH3 is 3. The van der Waals surface area contributed by atoms with Crippen LogP contribution in [0.1, 0.15) is 0 Å². The summed E-state index contributed by atoms with van der Waals surface area (Å²) < 4.78 is 15.7. The van der Waals surface area contributed by atoms with Gasteiger partial charge in [-0.3, -0.25) is 4.90 Å². The highest BCUT2D eigenvalue weighted by Gasteiger charge is 2.21. The van der Waals surface area contributed by atoms with E-state index < -0.39 is 6.10 Å². The Morgan fingerprint density at radius 3 is 2.41 bits per heavy atom. The summed E-state index contributed by atoms with van der Waals surface area (Å²) in [4.78, 5) is 4.56. The highest BCUT2D eigenvalue weighted by atomic mass is 16.5. The predicted molar refractivity (Wildman–Crippen MR) is 86.1 cm³/mol. The molecule has 1 aliphatic heterocycles. The average molecular weight is 310 g/mol. The molecule has 6 heteroatoms. The minimum Gasteiger partial charge on any atom is -0.497 e. The van der Waals surface area contributed by atoms with Gasteiger partial charge in [0.1, 0.15) is 11.5 Å². The third-order valence-corrected chi connectivity index (χ3v) is 3.93. The molecule has 1 N–H and O–H groups in total. The lowest BCUT2D eigenvalue weighted by molar-refractivity contribution is 0.0365. The number of rotatable bonds is 7. The highest BCUT2D eigenvalue weighted by Crippen LogP contribution is 2.32. The first kappa shape index (κ1) is 16.9. The number of β-amino-alcohol motifs (C(OH)–C–C–N with tert-alkyl or cyclic N) is 1. The zero-order valence-electron chi connectivity index (χ0n) is 13.6. The molecule has 1 saturated heterocycles. The number of hydrogen-bond donors (Lipinski definition) is 1. The molecule has 1 aromatic rings. The molecular formula is C16H26N2O4. The Morgan fingerprint density at radius 1 is 1.09 bits per heavy atom. The second-order valence-corrected chi connectivity index (χ2v) is 5.43. The number of anilines is 1. The number of aliphatic hydroxyl groups is 1. The molecule has 0 aliphatic carbocycles. The summed E-state index contributed by atoms with van der Waals surface area (Å²) in [7, 11) is 4.94. The van der Waals surface area contributed by atoms with Crippen molar-refractivity contribution in [3.05, 3.63) is 18.2 Å². The second-order valence-electron chi connectivity index (χ2n) is 5.43. The van der Waals surface area contributed by atoms with Gasteiger partial charge in [-0.05, 0) is 12.1 Å². The van der Waals surface area contributed by atoms with Crippen LogP contribution in [0.3, 0.4) is 0 Å². The molecule has 124 valence electrons. The van der Waals surface area contributed by atoms with E-state index in [4.69, 9.17) is 14.2 Å². The third-order valence-electron chi connectivity index (χ3n) is 3.93. The number of aliphatic hydroxyl groups excluding tert-OH is 1. The fourth-order valence-corrected chi connectivity index (χ4v) is 2.76. The molecule has 1 aliphatic rings. The van der Waals surface area contributed by atoms with E-state index in [1.807, 2.05) is 18.2 Å². The van der Waals surface area contributed by atoms with Crippen LogP contribution in [0.15, 0.2) is 18.2 Å². The molecular weight excluding hydrogens is 284 g/mol. The van der Waals surface area contributed by atoms with Crippen molar-refractivity contribution in [1.82, 2.24) is 4.90 Å². The topological polar surface area (TPSA) is 54.4 Å². The number of nitrogens with zero attached hydrogens (tertiary/aromatic N) is 2. The summed E-state index contributed by atoms with van der Waals surface area (Å²) in [6, 6.07) is 5.89. The molecule has 2 rings (SSSR count). The van der Waals surface area contributed by atoms with E-state index in [0.29, 0.717) is 13.2 Å². The van der Waals surface area contributed by atoms with E-state index in [1.165, 1.54) is 0 Å². The van der Waals surface area contributed by atoms with Gasteiger partial charge >= 0.3 is 0 Å². The van der Waals surface area contributed by atoms with Gasteiger partial charge in [0.15, 0.2) is 0 Å². The van der Waals surface area contributed by atoms with E-state index in [2.05, 4.69) is 9.80 Å². The molecule has 0 amide bonds. The molecule has 1 heterocycles. The molecule has 0 spiro atoms. The molecule has 0 radical (unpaired) electrons. The van der Waals surface area contributed by atoms with E-state index in [0.717, 1.165) is 43.4 Å². The fraction of sp³-hybridized carbons (Fsp3) is 0.625. The molecule has 1 unspecified atom stereocenters. The number of benzene rings is 1. The Kier molecular flexibility index (Phi) is 6.30. The lowest BCUT2D eigenvalue weighted by Gasteiger charge is -2.37. The van der Waals surface area contributed by atoms with Gasteiger partial charge in [0.25, 0.3) is 0 Å². The Balaban J connectivity index is 1.94. The average Bonchev–Trinajstić information content (AvgIpc) is 2.55. The SMILES string of the molecule is COCC(O)CN1CCN(c2ccc(OC)cc2OC)CC1. The summed E-state index contributed by atoms with van der Waals surface area (Å²) in [5.74, 6) is 1.62. The minimum absolute atomic E-state index is 0.381. The van der Waals surface area contributed by atoms with Crippen LogP contribution in [0.4, 0.5) is 5.69 Å². The van der Waals surface area contributed by atoms with Crippen molar-refractivity contribution in [1.29, 1.82) is 0 Å². The van der Waals surface area contributed by atoms with Gasteiger partial charge in [0.2, 0.25) is 0 Å². The molecule has 1 aromatic carbocycles. The molecule has 6 nitrogen and oxygen atoms in total. The molecule has 0 aromatic heterocycles. The van der Waals surface area contributed by atoms with Gasteiger partial charge in [-0.15, -0.1) is 0 Å². The first-order valence-electron chi connectivity index (χ1n) is 7.54. The van der Waals surface area contributed by atoms with Crippen LogP contribution in [-0.4, -0.2) is 76.8 Å². The fourth-order valence-electron chi connectivity index (χ4n) is 2.76. The summed E-state index contributed by atoms with van der Waals surface area (Å²) in [6.45, 7) is 4.67. The predicted octanol–water partition coefficient (Wildman–Crippen LogP) is 0.833. The first-order chi connectivity index (χ1) is 10.7. The molecule has 0 saturated carbocycles. The zero-order chi connectivity index (χ0) is 15.9. The Bertz CT molecular complexity index is 461. The van der Waals surface area contributed by atoms with E-state index in [-0.39, 0.29) is 0 Å². The number of piperazine rings is 1. The van der Waals surface area contributed by atoms with Crippen LogP contribution >= 0.6 is 0 Å². The van der Waals surface area contributed by atoms with Crippen LogP contribution in [0, 0.1) is 0 Å². The van der Waals surface area contributed by atoms with Crippen LogP contribution < -0.4 is 14.4 Å². The van der Waals surface area contributed by atoms with E-state index in [9.17, 15) is 5.11 Å². The van der Waals surface area contributed by atoms with E-state index in [1.54, 1.807) is 21.3 Å². The Hall–Kier alpha value is -1.50. The normalized spacial score (nSPS) is 17.4. The summed E-state index contributed by atoms with van der Waals surface area (Å²) in [6.07, 6.45) is -0.424. The second kappa shape index (κ2) is 8.22. The van der Waals surface area contributed by atoms with Crippen LogP contribution in [0.5, 0.6) is 11.5 Å². The van der Waals surface area contributed by atoms with Gasteiger partial charge in [0, 0.05) is 45.9 Å². The van der Waals surface area contributed by atoms with Crippen molar-refractivity contribution in [2.75, 3.05) is 65.6 Å². The van der Waals surface area contributed by atoms with Gasteiger partial charge in [0.05, 0.1) is 32.6 Å². The van der Waals surface area contributed by atoms with Crippen molar-refractivity contribution in [3.8, 4) is 11.5 Å². The quantitative estimate of drug-likeness (QED) is 0.805. The van der Waals surface area contributed by atoms with Crippen molar-refractivity contribution in [3.63, 3.8) is 0 Å². The van der Waals surface area contributed by atoms with Crippen molar-refractivity contribution in [2.24, 2.45) is 0 Å². The maximum atomic E-state index is 9.81. The summed E-state index contributed by atoms with van der Waals surface area (Å²) in [5, 5.41) is 9.81. The summed E-state index contributed by atoms with van der Waals surface area (Å²) >= 11 is 0. The van der Waals surface area contributed by atoms with Gasteiger partial charge < -0.3 is 24.2 Å². The Morgan fingerprint density at radius 2 is 1.82 bits per heavy atom. The molecule has 1 atom stereocenters. The first-order valence-corrected chi connectivity index (χ1v) is 7.54. The number of hydrogen-bond acceptors (Lipinski definition) is 6. The van der Waals surface area contributed by atoms with E-state index >= 15 is 0 Å². The summed E-state index contributed by atoms with van der Waals surface area (Å²) in [5.41, 5.74) is 1.08. The maximum absolute atomic E-state index is 9.81. The van der Waals surface area contributed by atoms with Gasteiger partial charge in [-0.25, -0.2) is 0 Å². The van der Waals surface area contributed by atoms with Crippen LogP contribution in [0.25, 0.3) is 0 Å². The standard InChI is InChI=1S/C16H26N2O4/c1-20-12-13(19)11-17-6-8-18(9-7-17)15-5-4-14(21-2)10-16(15)22-3/h4-5,10,13,19H,6-9,11-12H2,1-3H3. The maximum Gasteiger partial charge on any atom is 0.145 e. The smallest absolute Gasteiger partial charge is 0.145 e. The third kappa shape index (κ3) is 4.25. The zero-order valence-corrected chi connectivity index (χ0v) is 13.6. The van der Waals surface area contributed by atoms with Gasteiger partial charge in [-0.1, -0.05) is 0 Å². The Labute approximate surface area is 132 Å². The van der Waals surface area contributed by atoms with Crippen LogP contribution in [0.2, 0.25) is 0 Å². The van der Waals surface area contributed by atoms with Crippen LogP contribution in [-0.2, 0) is 4.74 Å². The lowest BCUT2D eigenvalue weighted by atomic mass is 10.2. The largest absolute Gasteiger partial charge is 0.497 e. The highest BCUT2D eigenvalue weighted by molar-refractivity contribution is 5.61. The molecule has 22 heavy (non-hydrogen) atoms. The van der Waals surface area contributed by atoms with Gasteiger partial charge in [-0.2, -0.15) is 0 Å². The number of ether oxygens (including phenoxy) is 3. The molecule has 0 bridgehead atoms. The van der Waals surface area contributed by atoms with Crippen molar-refractivity contribution >= 4 is 5.69 Å². The van der Waals surface area contributed by atoms with Crippen molar-refractivity contribution < 1.29 is 19.3 Å². The molecule has 1 fully saturated rings. The lowest BCUT2D eigenvalue weighted by Crippen LogP contribution is -2.49. The van der Waals surface area contributed by atoms with Crippen molar-refractivity contribution in [2.45, 2.75) is 6.10 Å². The monoisotopic (exact) mass is 310 g/mol. The minimum atomic E-state index is -0.424.